The van der Waals surface area contributed by atoms with E-state index in [1.54, 1.807) is 0 Å². The van der Waals surface area contributed by atoms with E-state index in [9.17, 15) is 0 Å². The minimum atomic E-state index is 0.332. The molecule has 2 aromatic heterocycles. The molecule has 2 heterocycles. The summed E-state index contributed by atoms with van der Waals surface area (Å²) in [6, 6.07) is 6.04. The fraction of sp³-hybridized carbons (Fsp3) is 0.467. The van der Waals surface area contributed by atoms with E-state index >= 15 is 0 Å². The van der Waals surface area contributed by atoms with Crippen LogP contribution in [0.4, 0.5) is 0 Å². The second kappa shape index (κ2) is 5.97. The maximum atomic E-state index is 4.73. The van der Waals surface area contributed by atoms with E-state index in [-0.39, 0.29) is 0 Å². The molecule has 1 atom stereocenters. The van der Waals surface area contributed by atoms with E-state index in [2.05, 4.69) is 29.1 Å². The van der Waals surface area contributed by atoms with Crippen molar-refractivity contribution >= 4 is 0 Å². The van der Waals surface area contributed by atoms with Gasteiger partial charge in [0.25, 0.3) is 0 Å². The Morgan fingerprint density at radius 1 is 1.32 bits per heavy atom. The minimum absolute atomic E-state index is 0.332. The van der Waals surface area contributed by atoms with E-state index < -0.39 is 0 Å². The molecule has 2 rings (SSSR count). The quantitative estimate of drug-likeness (QED) is 0.867. The molecule has 0 bridgehead atoms. The number of rotatable bonds is 5. The Kier molecular flexibility index (Phi) is 4.32. The van der Waals surface area contributed by atoms with Crippen molar-refractivity contribution in [1.29, 1.82) is 0 Å². The molecule has 0 saturated heterocycles. The Labute approximate surface area is 114 Å². The zero-order valence-corrected chi connectivity index (χ0v) is 12.1. The highest BCUT2D eigenvalue weighted by molar-refractivity contribution is 5.54. The molecule has 4 nitrogen and oxygen atoms in total. The van der Waals surface area contributed by atoms with Crippen LogP contribution in [0.25, 0.3) is 11.4 Å². The van der Waals surface area contributed by atoms with E-state index in [4.69, 9.17) is 4.98 Å². The average Bonchev–Trinajstić information content (AvgIpc) is 2.88. The topological polar surface area (TPSA) is 53.6 Å². The number of aromatic nitrogens is 3. The molecule has 0 amide bonds. The molecule has 0 aliphatic carbocycles. The summed E-state index contributed by atoms with van der Waals surface area (Å²) in [4.78, 5) is 12.6. The molecule has 102 valence electrons. The summed E-state index contributed by atoms with van der Waals surface area (Å²) in [7, 11) is 1.97. The summed E-state index contributed by atoms with van der Waals surface area (Å²) in [5.41, 5.74) is 3.02. The Hall–Kier alpha value is -1.68. The van der Waals surface area contributed by atoms with Crippen molar-refractivity contribution in [3.05, 3.63) is 35.9 Å². The van der Waals surface area contributed by atoms with Crippen molar-refractivity contribution in [2.45, 2.75) is 26.7 Å². The summed E-state index contributed by atoms with van der Waals surface area (Å²) in [6.07, 6.45) is 1.92. The van der Waals surface area contributed by atoms with E-state index in [0.717, 1.165) is 29.5 Å². The van der Waals surface area contributed by atoms with Crippen LogP contribution >= 0.6 is 0 Å². The van der Waals surface area contributed by atoms with Crippen LogP contribution in [-0.4, -0.2) is 28.5 Å². The maximum Gasteiger partial charge on any atom is 0.133 e. The summed E-state index contributed by atoms with van der Waals surface area (Å²) < 4.78 is 0. The van der Waals surface area contributed by atoms with Gasteiger partial charge < -0.3 is 10.3 Å². The molecular weight excluding hydrogens is 236 g/mol. The second-order valence-electron chi connectivity index (χ2n) is 5.24. The summed E-state index contributed by atoms with van der Waals surface area (Å²) in [5, 5.41) is 3.23. The normalized spacial score (nSPS) is 12.9. The third kappa shape index (κ3) is 3.20. The molecule has 0 aromatic carbocycles. The van der Waals surface area contributed by atoms with Gasteiger partial charge in [0, 0.05) is 24.4 Å². The van der Waals surface area contributed by atoms with Crippen LogP contribution in [0, 0.1) is 12.8 Å². The molecule has 2 N–H and O–H groups in total. The first-order chi connectivity index (χ1) is 9.11. The molecule has 19 heavy (non-hydrogen) atoms. The van der Waals surface area contributed by atoms with Gasteiger partial charge in [-0.15, -0.1) is 0 Å². The third-order valence-electron chi connectivity index (χ3n) is 3.31. The van der Waals surface area contributed by atoms with Crippen LogP contribution in [0.15, 0.2) is 24.4 Å². The molecule has 1 unspecified atom stereocenters. The van der Waals surface area contributed by atoms with Crippen molar-refractivity contribution in [1.82, 2.24) is 20.3 Å². The van der Waals surface area contributed by atoms with Crippen molar-refractivity contribution < 1.29 is 0 Å². The van der Waals surface area contributed by atoms with Gasteiger partial charge in [-0.1, -0.05) is 13.8 Å². The number of nitrogens with one attached hydrogen (secondary N) is 2. The molecule has 4 heteroatoms. The Balaban J connectivity index is 2.40. The number of nitrogens with zero attached hydrogens (tertiary/aromatic N) is 2. The lowest BCUT2D eigenvalue weighted by molar-refractivity contribution is 0.457. The van der Waals surface area contributed by atoms with Crippen LogP contribution in [0.1, 0.15) is 31.3 Å². The molecule has 0 aliphatic heterocycles. The highest BCUT2D eigenvalue weighted by atomic mass is 14.9. The first-order valence-corrected chi connectivity index (χ1v) is 6.75. The Morgan fingerprint density at radius 2 is 2.11 bits per heavy atom. The highest BCUT2D eigenvalue weighted by Gasteiger charge is 2.19. The zero-order chi connectivity index (χ0) is 13.8. The van der Waals surface area contributed by atoms with E-state index in [1.807, 2.05) is 38.4 Å². The van der Waals surface area contributed by atoms with Crippen LogP contribution in [-0.2, 0) is 0 Å². The molecule has 0 aliphatic rings. The molecule has 0 saturated carbocycles. The third-order valence-corrected chi connectivity index (χ3v) is 3.31. The standard InChI is InChI=1S/C15H22N4/c1-10(2)12(9-16-4)15-18-11(3)8-14(19-15)13-6-5-7-17-13/h5-8,10,12,16-17H,9H2,1-4H3. The van der Waals surface area contributed by atoms with Gasteiger partial charge >= 0.3 is 0 Å². The Bertz CT molecular complexity index is 517. The van der Waals surface area contributed by atoms with Gasteiger partial charge in [0.05, 0.1) is 11.4 Å². The van der Waals surface area contributed by atoms with Crippen molar-refractivity contribution in [3.63, 3.8) is 0 Å². The lowest BCUT2D eigenvalue weighted by Crippen LogP contribution is -2.23. The monoisotopic (exact) mass is 258 g/mol. The zero-order valence-electron chi connectivity index (χ0n) is 12.1. The van der Waals surface area contributed by atoms with Crippen molar-refractivity contribution in [2.75, 3.05) is 13.6 Å². The first-order valence-electron chi connectivity index (χ1n) is 6.75. The Morgan fingerprint density at radius 3 is 2.68 bits per heavy atom. The van der Waals surface area contributed by atoms with Gasteiger partial charge in [0.2, 0.25) is 0 Å². The van der Waals surface area contributed by atoms with Gasteiger partial charge in [-0.25, -0.2) is 9.97 Å². The van der Waals surface area contributed by atoms with Crippen LogP contribution in [0.3, 0.4) is 0 Å². The molecule has 0 spiro atoms. The fourth-order valence-corrected chi connectivity index (χ4v) is 2.23. The van der Waals surface area contributed by atoms with E-state index in [1.165, 1.54) is 0 Å². The maximum absolute atomic E-state index is 4.73. The van der Waals surface area contributed by atoms with Crippen LogP contribution in [0.2, 0.25) is 0 Å². The van der Waals surface area contributed by atoms with Gasteiger partial charge in [-0.3, -0.25) is 0 Å². The molecule has 0 fully saturated rings. The van der Waals surface area contributed by atoms with E-state index in [0.29, 0.717) is 11.8 Å². The number of H-pyrrole nitrogens is 1. The SMILES string of the molecule is CNCC(c1nc(C)cc(-c2ccc[nH]2)n1)C(C)C. The molecule has 2 aromatic rings. The highest BCUT2D eigenvalue weighted by Crippen LogP contribution is 2.23. The predicted molar refractivity (Wildman–Crippen MR) is 78.1 cm³/mol. The van der Waals surface area contributed by atoms with Gasteiger partial charge in [-0.05, 0) is 38.1 Å². The number of hydrogen-bond acceptors (Lipinski definition) is 3. The number of hydrogen-bond donors (Lipinski definition) is 2. The summed E-state index contributed by atoms with van der Waals surface area (Å²) >= 11 is 0. The lowest BCUT2D eigenvalue weighted by atomic mass is 9.94. The summed E-state index contributed by atoms with van der Waals surface area (Å²) in [5.74, 6) is 1.76. The minimum Gasteiger partial charge on any atom is -0.360 e. The lowest BCUT2D eigenvalue weighted by Gasteiger charge is -2.20. The van der Waals surface area contributed by atoms with Crippen LogP contribution in [0.5, 0.6) is 0 Å². The van der Waals surface area contributed by atoms with Gasteiger partial charge in [-0.2, -0.15) is 0 Å². The fourth-order valence-electron chi connectivity index (χ4n) is 2.23. The van der Waals surface area contributed by atoms with Crippen molar-refractivity contribution in [3.8, 4) is 11.4 Å². The van der Waals surface area contributed by atoms with Crippen molar-refractivity contribution in [2.24, 2.45) is 5.92 Å². The first kappa shape index (κ1) is 13.7. The number of likely N-dealkylation sites (N-methyl/N-ethyl adjacent to an activating group) is 1. The number of aryl methyl sites for hydroxylation is 1. The smallest absolute Gasteiger partial charge is 0.133 e. The molecule has 0 radical (unpaired) electrons. The van der Waals surface area contributed by atoms with Gasteiger partial charge in [0.15, 0.2) is 0 Å². The predicted octanol–water partition coefficient (Wildman–Crippen LogP) is 2.74. The largest absolute Gasteiger partial charge is 0.360 e. The molecular formula is C15H22N4. The summed E-state index contributed by atoms with van der Waals surface area (Å²) in [6.45, 7) is 7.34. The average molecular weight is 258 g/mol. The second-order valence-corrected chi connectivity index (χ2v) is 5.24. The van der Waals surface area contributed by atoms with Gasteiger partial charge in [0.1, 0.15) is 5.82 Å². The van der Waals surface area contributed by atoms with Crippen LogP contribution < -0.4 is 5.32 Å². The number of aromatic amines is 1.